The van der Waals surface area contributed by atoms with Gasteiger partial charge >= 0.3 is 17.9 Å². The molecule has 2 aliphatic rings. The molecule has 3 aromatic rings. The molecule has 0 amide bonds. The van der Waals surface area contributed by atoms with Crippen molar-refractivity contribution in [2.45, 2.75) is 51.5 Å². The van der Waals surface area contributed by atoms with E-state index in [0.717, 1.165) is 21.5 Å². The van der Waals surface area contributed by atoms with Crippen molar-refractivity contribution >= 4 is 39.5 Å². The molecule has 3 aromatic carbocycles. The molecule has 35 heavy (non-hydrogen) atoms. The van der Waals surface area contributed by atoms with Crippen LogP contribution in [0.1, 0.15) is 20.8 Å². The molecule has 0 saturated carbocycles. The Balaban J connectivity index is 1.63. The lowest BCUT2D eigenvalue weighted by Gasteiger charge is -2.46. The van der Waals surface area contributed by atoms with Gasteiger partial charge in [-0.1, -0.05) is 48.5 Å². The number of fused-ring (bicyclic) bond motifs is 7. The van der Waals surface area contributed by atoms with Crippen molar-refractivity contribution in [1.29, 1.82) is 0 Å². The van der Waals surface area contributed by atoms with Crippen molar-refractivity contribution in [1.82, 2.24) is 0 Å². The standard InChI is InChI=1S/C26H24O9/c1-13(27)30-12-20-23(31-14(2)28)24(32-15(3)29)25-26(33-20)35-22-19-11-7-5-9-17(19)16-8-4-6-10-18(16)21(22)34-25/h4-11,20,23-26H,12H2,1-3H3/t20-,23+,24-,25+,26+/m0/s1. The molecule has 0 bridgehead atoms. The minimum absolute atomic E-state index is 0.233. The van der Waals surface area contributed by atoms with Crippen LogP contribution in [0.5, 0.6) is 11.5 Å². The van der Waals surface area contributed by atoms with Gasteiger partial charge in [0.1, 0.15) is 12.7 Å². The summed E-state index contributed by atoms with van der Waals surface area (Å²) >= 11 is 0. The van der Waals surface area contributed by atoms with Crippen LogP contribution >= 0.6 is 0 Å². The zero-order valence-corrected chi connectivity index (χ0v) is 19.4. The zero-order valence-electron chi connectivity index (χ0n) is 19.4. The molecule has 0 aliphatic carbocycles. The Labute approximate surface area is 200 Å². The topological polar surface area (TPSA) is 107 Å². The molecule has 0 unspecified atom stereocenters. The average molecular weight is 480 g/mol. The summed E-state index contributed by atoms with van der Waals surface area (Å²) in [5, 5.41) is 3.58. The third-order valence-electron chi connectivity index (χ3n) is 5.97. The van der Waals surface area contributed by atoms with Gasteiger partial charge in [-0.15, -0.1) is 0 Å². The molecule has 9 nitrogen and oxygen atoms in total. The molecule has 1 fully saturated rings. The maximum atomic E-state index is 12.0. The van der Waals surface area contributed by atoms with E-state index in [1.165, 1.54) is 20.8 Å². The first-order chi connectivity index (χ1) is 16.8. The summed E-state index contributed by atoms with van der Waals surface area (Å²) in [6.45, 7) is 3.50. The number of esters is 3. The van der Waals surface area contributed by atoms with Crippen LogP contribution in [0.2, 0.25) is 0 Å². The highest BCUT2D eigenvalue weighted by Gasteiger charge is 2.55. The zero-order chi connectivity index (χ0) is 24.7. The Kier molecular flexibility index (Phi) is 5.94. The smallest absolute Gasteiger partial charge is 0.303 e. The fraction of sp³-hybridized carbons (Fsp3) is 0.346. The molecule has 5 atom stereocenters. The highest BCUT2D eigenvalue weighted by molar-refractivity contribution is 6.13. The van der Waals surface area contributed by atoms with Gasteiger partial charge in [0.05, 0.1) is 0 Å². The van der Waals surface area contributed by atoms with Crippen molar-refractivity contribution in [3.63, 3.8) is 0 Å². The van der Waals surface area contributed by atoms with Crippen LogP contribution < -0.4 is 9.47 Å². The van der Waals surface area contributed by atoms with Gasteiger partial charge in [-0.2, -0.15) is 0 Å². The monoisotopic (exact) mass is 480 g/mol. The number of hydrogen-bond acceptors (Lipinski definition) is 9. The minimum atomic E-state index is -1.09. The Morgan fingerprint density at radius 2 is 1.23 bits per heavy atom. The molecular formula is C26H24O9. The molecule has 9 heteroatoms. The summed E-state index contributed by atoms with van der Waals surface area (Å²) in [7, 11) is 0. The van der Waals surface area contributed by atoms with E-state index in [9.17, 15) is 14.4 Å². The molecular weight excluding hydrogens is 456 g/mol. The minimum Gasteiger partial charge on any atom is -0.475 e. The summed E-state index contributed by atoms with van der Waals surface area (Å²) in [6, 6.07) is 15.5. The van der Waals surface area contributed by atoms with E-state index in [4.69, 9.17) is 28.4 Å². The number of hydrogen-bond donors (Lipinski definition) is 0. The third kappa shape index (κ3) is 4.23. The van der Waals surface area contributed by atoms with Crippen LogP contribution in [0.15, 0.2) is 48.5 Å². The van der Waals surface area contributed by atoms with E-state index in [1.54, 1.807) is 0 Å². The van der Waals surface area contributed by atoms with Crippen molar-refractivity contribution in [2.75, 3.05) is 6.61 Å². The predicted octanol–water partition coefficient (Wildman–Crippen LogP) is 3.28. The molecule has 2 aliphatic heterocycles. The van der Waals surface area contributed by atoms with Crippen molar-refractivity contribution in [3.8, 4) is 11.5 Å². The second-order valence-corrected chi connectivity index (χ2v) is 8.44. The lowest BCUT2D eigenvalue weighted by atomic mass is 9.95. The number of rotatable bonds is 4. The first-order valence-electron chi connectivity index (χ1n) is 11.2. The van der Waals surface area contributed by atoms with E-state index < -0.39 is 48.6 Å². The Morgan fingerprint density at radius 3 is 1.77 bits per heavy atom. The Bertz CT molecular complexity index is 1320. The largest absolute Gasteiger partial charge is 0.475 e. The summed E-state index contributed by atoms with van der Waals surface area (Å²) in [4.78, 5) is 35.4. The first-order valence-corrected chi connectivity index (χ1v) is 11.2. The van der Waals surface area contributed by atoms with Crippen LogP contribution in [0.4, 0.5) is 0 Å². The van der Waals surface area contributed by atoms with Gasteiger partial charge in [0.15, 0.2) is 23.7 Å². The van der Waals surface area contributed by atoms with Crippen molar-refractivity contribution < 1.29 is 42.8 Å². The first kappa shape index (κ1) is 22.9. The highest BCUT2D eigenvalue weighted by Crippen LogP contribution is 2.48. The molecule has 182 valence electrons. The molecule has 0 spiro atoms. The SMILES string of the molecule is CC(=O)OC[C@@H]1O[C@@H]2Oc3c(c4ccccc4c4ccccc34)O[C@@H]2[C@@H](OC(C)=O)[C@@H]1OC(C)=O. The summed E-state index contributed by atoms with van der Waals surface area (Å²) in [6.07, 6.45) is -5.09. The maximum Gasteiger partial charge on any atom is 0.303 e. The van der Waals surface area contributed by atoms with Crippen LogP contribution in [0.3, 0.4) is 0 Å². The normalized spacial score (nSPS) is 24.9. The lowest BCUT2D eigenvalue weighted by Crippen LogP contribution is -2.65. The van der Waals surface area contributed by atoms with Gasteiger partial charge in [0.2, 0.25) is 12.4 Å². The average Bonchev–Trinajstić information content (AvgIpc) is 2.83. The number of benzene rings is 3. The second kappa shape index (κ2) is 9.07. The third-order valence-corrected chi connectivity index (χ3v) is 5.97. The maximum absolute atomic E-state index is 12.0. The Morgan fingerprint density at radius 1 is 0.714 bits per heavy atom. The van der Waals surface area contributed by atoms with Crippen LogP contribution in [0.25, 0.3) is 21.5 Å². The molecule has 2 heterocycles. The van der Waals surface area contributed by atoms with E-state index in [1.807, 2.05) is 48.5 Å². The number of ether oxygens (including phenoxy) is 6. The van der Waals surface area contributed by atoms with Gasteiger partial charge in [-0.05, 0) is 10.8 Å². The molecule has 0 N–H and O–H groups in total. The quantitative estimate of drug-likeness (QED) is 0.316. The fourth-order valence-electron chi connectivity index (χ4n) is 4.65. The van der Waals surface area contributed by atoms with Gasteiger partial charge in [0, 0.05) is 31.5 Å². The molecule has 5 rings (SSSR count). The number of carbonyl (C=O) groups is 3. The van der Waals surface area contributed by atoms with Crippen molar-refractivity contribution in [3.05, 3.63) is 48.5 Å². The van der Waals surface area contributed by atoms with Gasteiger partial charge < -0.3 is 28.4 Å². The van der Waals surface area contributed by atoms with Crippen LogP contribution in [-0.4, -0.2) is 55.2 Å². The van der Waals surface area contributed by atoms with Gasteiger partial charge in [-0.25, -0.2) is 0 Å². The molecule has 1 saturated heterocycles. The summed E-state index contributed by atoms with van der Waals surface area (Å²) in [5.41, 5.74) is 0. The lowest BCUT2D eigenvalue weighted by molar-refractivity contribution is -0.286. The van der Waals surface area contributed by atoms with E-state index in [-0.39, 0.29) is 6.61 Å². The van der Waals surface area contributed by atoms with Gasteiger partial charge in [-0.3, -0.25) is 14.4 Å². The molecule has 0 radical (unpaired) electrons. The van der Waals surface area contributed by atoms with E-state index >= 15 is 0 Å². The van der Waals surface area contributed by atoms with Gasteiger partial charge in [0.25, 0.3) is 0 Å². The van der Waals surface area contributed by atoms with E-state index in [2.05, 4.69) is 0 Å². The number of carbonyl (C=O) groups excluding carboxylic acids is 3. The second-order valence-electron chi connectivity index (χ2n) is 8.44. The summed E-state index contributed by atoms with van der Waals surface area (Å²) < 4.78 is 35.1. The summed E-state index contributed by atoms with van der Waals surface area (Å²) in [5.74, 6) is -0.794. The van der Waals surface area contributed by atoms with Crippen molar-refractivity contribution in [2.24, 2.45) is 0 Å². The predicted molar refractivity (Wildman–Crippen MR) is 123 cm³/mol. The van der Waals surface area contributed by atoms with Crippen LogP contribution in [0, 0.1) is 0 Å². The van der Waals surface area contributed by atoms with E-state index in [0.29, 0.717) is 11.5 Å². The van der Waals surface area contributed by atoms with Crippen LogP contribution in [-0.2, 0) is 33.3 Å². The highest BCUT2D eigenvalue weighted by atomic mass is 16.7. The molecule has 0 aromatic heterocycles. The Hall–Kier alpha value is -3.85. The fourth-order valence-corrected chi connectivity index (χ4v) is 4.65.